The second kappa shape index (κ2) is 9.57. The number of amides is 2. The molecule has 2 amide bonds. The Bertz CT molecular complexity index is 990. The molecule has 0 aliphatic rings. The Morgan fingerprint density at radius 1 is 0.929 bits per heavy atom. The summed E-state index contributed by atoms with van der Waals surface area (Å²) in [6.07, 6.45) is 0. The van der Waals surface area contributed by atoms with Crippen LogP contribution >= 0.6 is 27.7 Å². The van der Waals surface area contributed by atoms with E-state index in [9.17, 15) is 9.59 Å². The van der Waals surface area contributed by atoms with Gasteiger partial charge in [-0.05, 0) is 61.0 Å². The molecule has 0 aromatic heterocycles. The maximum absolute atomic E-state index is 12.7. The number of halogens is 1. The van der Waals surface area contributed by atoms with Crippen LogP contribution in [0.1, 0.15) is 15.9 Å². The van der Waals surface area contributed by atoms with Crippen molar-refractivity contribution >= 4 is 50.9 Å². The topological polar surface area (TPSA) is 58.2 Å². The first-order valence-electron chi connectivity index (χ1n) is 8.66. The highest BCUT2D eigenvalue weighted by Crippen LogP contribution is 2.22. The summed E-state index contributed by atoms with van der Waals surface area (Å²) in [6, 6.07) is 22.3. The van der Waals surface area contributed by atoms with E-state index in [1.807, 2.05) is 55.5 Å². The van der Waals surface area contributed by atoms with Crippen LogP contribution in [-0.4, -0.2) is 17.6 Å². The van der Waals surface area contributed by atoms with Gasteiger partial charge in [0.1, 0.15) is 0 Å². The predicted molar refractivity (Wildman–Crippen MR) is 119 cm³/mol. The Morgan fingerprint density at radius 2 is 1.68 bits per heavy atom. The third-order valence-corrected chi connectivity index (χ3v) is 5.45. The molecule has 0 bridgehead atoms. The van der Waals surface area contributed by atoms with E-state index >= 15 is 0 Å². The highest BCUT2D eigenvalue weighted by Gasteiger charge is 2.13. The van der Waals surface area contributed by atoms with Gasteiger partial charge in [-0.15, -0.1) is 11.8 Å². The molecular weight excluding hydrogens is 436 g/mol. The lowest BCUT2D eigenvalue weighted by atomic mass is 10.1. The first-order valence-corrected chi connectivity index (χ1v) is 10.4. The molecule has 3 aromatic rings. The number of aryl methyl sites for hydroxylation is 1. The van der Waals surface area contributed by atoms with Gasteiger partial charge in [0.05, 0.1) is 17.0 Å². The van der Waals surface area contributed by atoms with Gasteiger partial charge in [-0.25, -0.2) is 0 Å². The molecule has 0 spiro atoms. The quantitative estimate of drug-likeness (QED) is 0.466. The van der Waals surface area contributed by atoms with Crippen LogP contribution in [0.25, 0.3) is 0 Å². The summed E-state index contributed by atoms with van der Waals surface area (Å²) in [5, 5.41) is 5.72. The number of rotatable bonds is 6. The number of anilines is 2. The largest absolute Gasteiger partial charge is 0.325 e. The summed E-state index contributed by atoms with van der Waals surface area (Å²) in [6.45, 7) is 1.97. The van der Waals surface area contributed by atoms with Crippen molar-refractivity contribution in [3.63, 3.8) is 0 Å². The molecule has 142 valence electrons. The molecule has 28 heavy (non-hydrogen) atoms. The van der Waals surface area contributed by atoms with Gasteiger partial charge in [0.25, 0.3) is 5.91 Å². The van der Waals surface area contributed by atoms with Crippen LogP contribution in [0.5, 0.6) is 0 Å². The van der Waals surface area contributed by atoms with Crippen molar-refractivity contribution in [1.29, 1.82) is 0 Å². The monoisotopic (exact) mass is 454 g/mol. The average molecular weight is 455 g/mol. The maximum Gasteiger partial charge on any atom is 0.257 e. The molecule has 2 N–H and O–H groups in total. The Kier molecular flexibility index (Phi) is 6.90. The number of carbonyl (C=O) groups excluding carboxylic acids is 2. The van der Waals surface area contributed by atoms with Crippen molar-refractivity contribution < 1.29 is 9.59 Å². The molecule has 0 atom stereocenters. The van der Waals surface area contributed by atoms with Crippen molar-refractivity contribution in [3.05, 3.63) is 88.4 Å². The SMILES string of the molecule is Cc1cccc(NC(=O)c2ccccc2NC(=O)CSc2ccc(Br)cc2)c1. The molecular formula is C22H19BrN2O2S. The molecule has 0 heterocycles. The molecule has 0 aliphatic carbocycles. The first-order chi connectivity index (χ1) is 13.5. The smallest absolute Gasteiger partial charge is 0.257 e. The second-order valence-electron chi connectivity index (χ2n) is 6.16. The van der Waals surface area contributed by atoms with Crippen molar-refractivity contribution in [2.45, 2.75) is 11.8 Å². The number of thioether (sulfide) groups is 1. The third kappa shape index (κ3) is 5.71. The van der Waals surface area contributed by atoms with Gasteiger partial charge in [-0.3, -0.25) is 9.59 Å². The highest BCUT2D eigenvalue weighted by atomic mass is 79.9. The van der Waals surface area contributed by atoms with E-state index in [0.29, 0.717) is 11.3 Å². The van der Waals surface area contributed by atoms with Crippen molar-refractivity contribution in [2.24, 2.45) is 0 Å². The molecule has 3 aromatic carbocycles. The number of nitrogens with one attached hydrogen (secondary N) is 2. The summed E-state index contributed by atoms with van der Waals surface area (Å²) in [5.41, 5.74) is 2.70. The summed E-state index contributed by atoms with van der Waals surface area (Å²) < 4.78 is 0.995. The lowest BCUT2D eigenvalue weighted by Gasteiger charge is -2.12. The number of carbonyl (C=O) groups is 2. The molecule has 4 nitrogen and oxygen atoms in total. The van der Waals surface area contributed by atoms with Crippen molar-refractivity contribution in [3.8, 4) is 0 Å². The maximum atomic E-state index is 12.7. The van der Waals surface area contributed by atoms with Crippen LogP contribution in [0.3, 0.4) is 0 Å². The Balaban J connectivity index is 1.65. The number of hydrogen-bond acceptors (Lipinski definition) is 3. The summed E-state index contributed by atoms with van der Waals surface area (Å²) in [4.78, 5) is 26.0. The third-order valence-electron chi connectivity index (χ3n) is 3.91. The molecule has 3 rings (SSSR count). The molecule has 6 heteroatoms. The minimum Gasteiger partial charge on any atom is -0.325 e. The van der Waals surface area contributed by atoms with Gasteiger partial charge in [0.2, 0.25) is 5.91 Å². The lowest BCUT2D eigenvalue weighted by Crippen LogP contribution is -2.19. The van der Waals surface area contributed by atoms with Crippen LogP contribution in [0.2, 0.25) is 0 Å². The molecule has 0 saturated heterocycles. The van der Waals surface area contributed by atoms with E-state index in [2.05, 4.69) is 26.6 Å². The van der Waals surface area contributed by atoms with Gasteiger partial charge >= 0.3 is 0 Å². The van der Waals surface area contributed by atoms with E-state index in [4.69, 9.17) is 0 Å². The van der Waals surface area contributed by atoms with E-state index in [0.717, 1.165) is 20.6 Å². The number of benzene rings is 3. The Labute approximate surface area is 176 Å². The molecule has 0 fully saturated rings. The van der Waals surface area contributed by atoms with Crippen LogP contribution in [0.4, 0.5) is 11.4 Å². The number of hydrogen-bond donors (Lipinski definition) is 2. The first kappa shape index (κ1) is 20.2. The summed E-state index contributed by atoms with van der Waals surface area (Å²) in [5.74, 6) is -0.166. The fourth-order valence-corrected chi connectivity index (χ4v) is 3.54. The van der Waals surface area contributed by atoms with E-state index in [1.165, 1.54) is 11.8 Å². The minimum atomic E-state index is -0.262. The van der Waals surface area contributed by atoms with Gasteiger partial charge < -0.3 is 10.6 Å². The molecule has 0 aliphatic heterocycles. The van der Waals surface area contributed by atoms with Gasteiger partial charge in [-0.2, -0.15) is 0 Å². The molecule has 0 saturated carbocycles. The van der Waals surface area contributed by atoms with E-state index < -0.39 is 0 Å². The molecule has 0 radical (unpaired) electrons. The zero-order chi connectivity index (χ0) is 19.9. The average Bonchev–Trinajstić information content (AvgIpc) is 2.68. The normalized spacial score (nSPS) is 10.4. The van der Waals surface area contributed by atoms with Crippen molar-refractivity contribution in [2.75, 3.05) is 16.4 Å². The van der Waals surface area contributed by atoms with Gasteiger partial charge in [0, 0.05) is 15.1 Å². The zero-order valence-corrected chi connectivity index (χ0v) is 17.6. The highest BCUT2D eigenvalue weighted by molar-refractivity contribution is 9.10. The van der Waals surface area contributed by atoms with Gasteiger partial charge in [0.15, 0.2) is 0 Å². The van der Waals surface area contributed by atoms with Gasteiger partial charge in [-0.1, -0.05) is 40.2 Å². The predicted octanol–water partition coefficient (Wildman–Crippen LogP) is 5.74. The number of para-hydroxylation sites is 1. The fraction of sp³-hybridized carbons (Fsp3) is 0.0909. The second-order valence-corrected chi connectivity index (χ2v) is 8.12. The van der Waals surface area contributed by atoms with Crippen LogP contribution < -0.4 is 10.6 Å². The van der Waals surface area contributed by atoms with Crippen LogP contribution in [0, 0.1) is 6.92 Å². The Morgan fingerprint density at radius 3 is 2.43 bits per heavy atom. The van der Waals surface area contributed by atoms with Crippen LogP contribution in [-0.2, 0) is 4.79 Å². The van der Waals surface area contributed by atoms with Crippen LogP contribution in [0.15, 0.2) is 82.2 Å². The molecule has 0 unspecified atom stereocenters. The van der Waals surface area contributed by atoms with E-state index in [-0.39, 0.29) is 17.6 Å². The summed E-state index contributed by atoms with van der Waals surface area (Å²) in [7, 11) is 0. The minimum absolute atomic E-state index is 0.163. The fourth-order valence-electron chi connectivity index (χ4n) is 2.58. The Hall–Kier alpha value is -2.57. The lowest BCUT2D eigenvalue weighted by molar-refractivity contribution is -0.113. The van der Waals surface area contributed by atoms with Crippen molar-refractivity contribution in [1.82, 2.24) is 0 Å². The standard InChI is InChI=1S/C22H19BrN2O2S/c1-15-5-4-6-17(13-15)24-22(27)19-7-2-3-8-20(19)25-21(26)14-28-18-11-9-16(23)10-12-18/h2-13H,14H2,1H3,(H,24,27)(H,25,26). The van der Waals surface area contributed by atoms with E-state index in [1.54, 1.807) is 24.3 Å². The zero-order valence-electron chi connectivity index (χ0n) is 15.2. The summed E-state index contributed by atoms with van der Waals surface area (Å²) >= 11 is 4.83.